The molecule has 1 aliphatic heterocycles. The van der Waals surface area contributed by atoms with Gasteiger partial charge in [0, 0.05) is 30.8 Å². The van der Waals surface area contributed by atoms with E-state index in [0.29, 0.717) is 28.8 Å². The number of nitrogens with zero attached hydrogens (tertiary/aromatic N) is 2. The van der Waals surface area contributed by atoms with Crippen LogP contribution in [0.15, 0.2) is 52.1 Å². The first-order valence-corrected chi connectivity index (χ1v) is 11.0. The number of amides is 1. The van der Waals surface area contributed by atoms with E-state index in [0.717, 1.165) is 49.4 Å². The van der Waals surface area contributed by atoms with Gasteiger partial charge in [-0.2, -0.15) is 0 Å². The second-order valence-corrected chi connectivity index (χ2v) is 7.96. The Bertz CT molecular complexity index is 1240. The lowest BCUT2D eigenvalue weighted by molar-refractivity contribution is 0.0374. The van der Waals surface area contributed by atoms with Gasteiger partial charge in [-0.25, -0.2) is 4.79 Å². The van der Waals surface area contributed by atoms with E-state index in [1.807, 2.05) is 12.1 Å². The summed E-state index contributed by atoms with van der Waals surface area (Å²) in [7, 11) is 1.54. The molecule has 2 N–H and O–H groups in total. The topological polar surface area (TPSA) is 106 Å². The normalized spacial score (nSPS) is 14.3. The molecule has 1 fully saturated rings. The molecule has 9 heteroatoms. The van der Waals surface area contributed by atoms with E-state index >= 15 is 0 Å². The van der Waals surface area contributed by atoms with Crippen molar-refractivity contribution in [2.75, 3.05) is 46.5 Å². The Kier molecular flexibility index (Phi) is 7.21. The predicted octanol–water partition coefficient (Wildman–Crippen LogP) is 1.20. The number of carbonyl (C=O) groups excluding carboxylic acids is 1. The molecule has 2 heterocycles. The summed E-state index contributed by atoms with van der Waals surface area (Å²) in [6, 6.07) is 12.0. The number of nitrogens with one attached hydrogen (secondary N) is 2. The van der Waals surface area contributed by atoms with Crippen LogP contribution >= 0.6 is 0 Å². The van der Waals surface area contributed by atoms with Gasteiger partial charge in [-0.05, 0) is 37.2 Å². The monoisotopic (exact) mass is 452 g/mol. The van der Waals surface area contributed by atoms with E-state index in [9.17, 15) is 14.4 Å². The molecule has 1 aromatic heterocycles. The molecule has 2 aromatic carbocycles. The van der Waals surface area contributed by atoms with Crippen molar-refractivity contribution in [1.82, 2.24) is 19.8 Å². The summed E-state index contributed by atoms with van der Waals surface area (Å²) in [5, 5.41) is 3.24. The quantitative estimate of drug-likeness (QED) is 0.498. The first kappa shape index (κ1) is 22.8. The molecule has 1 amide bonds. The minimum atomic E-state index is -0.540. The molecule has 0 aliphatic carbocycles. The molecule has 174 valence electrons. The van der Waals surface area contributed by atoms with Gasteiger partial charge in [0.25, 0.3) is 11.5 Å². The van der Waals surface area contributed by atoms with Gasteiger partial charge in [0.2, 0.25) is 0 Å². The van der Waals surface area contributed by atoms with Gasteiger partial charge in [0.15, 0.2) is 0 Å². The zero-order valence-electron chi connectivity index (χ0n) is 18.6. The minimum absolute atomic E-state index is 0.0828. The average molecular weight is 453 g/mol. The van der Waals surface area contributed by atoms with E-state index in [1.54, 1.807) is 37.4 Å². The lowest BCUT2D eigenvalue weighted by atomic mass is 10.1. The number of methoxy groups -OCH3 is 1. The maximum Gasteiger partial charge on any atom is 0.329 e. The summed E-state index contributed by atoms with van der Waals surface area (Å²) < 4.78 is 11.8. The van der Waals surface area contributed by atoms with Crippen LogP contribution in [0.5, 0.6) is 5.75 Å². The number of aromatic amines is 1. The minimum Gasteiger partial charge on any atom is -0.496 e. The molecule has 3 aromatic rings. The van der Waals surface area contributed by atoms with Gasteiger partial charge in [-0.1, -0.05) is 18.2 Å². The molecule has 0 saturated carbocycles. The van der Waals surface area contributed by atoms with Crippen molar-refractivity contribution in [2.24, 2.45) is 0 Å². The summed E-state index contributed by atoms with van der Waals surface area (Å²) in [6.07, 6.45) is 0.837. The number of aromatic nitrogens is 2. The maximum absolute atomic E-state index is 13.0. The molecule has 0 radical (unpaired) electrons. The zero-order valence-corrected chi connectivity index (χ0v) is 18.6. The molecular formula is C24H28N4O5. The molecule has 0 unspecified atom stereocenters. The predicted molar refractivity (Wildman–Crippen MR) is 125 cm³/mol. The largest absolute Gasteiger partial charge is 0.496 e. The van der Waals surface area contributed by atoms with Crippen molar-refractivity contribution in [3.8, 4) is 5.75 Å². The summed E-state index contributed by atoms with van der Waals surface area (Å²) in [5.41, 5.74) is 0.493. The molecule has 0 bridgehead atoms. The number of hydrogen-bond acceptors (Lipinski definition) is 6. The smallest absolute Gasteiger partial charge is 0.329 e. The summed E-state index contributed by atoms with van der Waals surface area (Å²) in [6.45, 7) is 4.87. The maximum atomic E-state index is 13.0. The first-order chi connectivity index (χ1) is 16.1. The Morgan fingerprint density at radius 1 is 1.15 bits per heavy atom. The van der Waals surface area contributed by atoms with Crippen molar-refractivity contribution in [3.63, 3.8) is 0 Å². The van der Waals surface area contributed by atoms with Crippen molar-refractivity contribution in [3.05, 3.63) is 74.4 Å². The summed E-state index contributed by atoms with van der Waals surface area (Å²) >= 11 is 0. The fourth-order valence-corrected chi connectivity index (χ4v) is 3.97. The SMILES string of the molecule is COc1ccccc1Cn1c(=O)[nH]c2cc(C(=O)NCCCN3CCOCC3)ccc2c1=O. The third-order valence-corrected chi connectivity index (χ3v) is 5.81. The lowest BCUT2D eigenvalue weighted by Gasteiger charge is -2.26. The molecular weight excluding hydrogens is 424 g/mol. The molecule has 1 aliphatic rings. The second kappa shape index (κ2) is 10.5. The van der Waals surface area contributed by atoms with E-state index in [-0.39, 0.29) is 12.5 Å². The standard InChI is InChI=1S/C24H28N4O5/c1-32-21-6-3-2-5-18(21)16-28-23(30)19-8-7-17(15-20(19)26-24(28)31)22(29)25-9-4-10-27-11-13-33-14-12-27/h2-3,5-8,15H,4,9-14,16H2,1H3,(H,25,29)(H,26,31). The van der Waals surface area contributed by atoms with Crippen LogP contribution in [-0.2, 0) is 11.3 Å². The number of para-hydroxylation sites is 1. The third kappa shape index (κ3) is 5.32. The molecule has 33 heavy (non-hydrogen) atoms. The van der Waals surface area contributed by atoms with E-state index in [4.69, 9.17) is 9.47 Å². The van der Waals surface area contributed by atoms with Crippen LogP contribution in [0.4, 0.5) is 0 Å². The van der Waals surface area contributed by atoms with Gasteiger partial charge in [-0.3, -0.25) is 19.1 Å². The van der Waals surface area contributed by atoms with Crippen molar-refractivity contribution < 1.29 is 14.3 Å². The Balaban J connectivity index is 1.46. The van der Waals surface area contributed by atoms with Crippen LogP contribution in [0.3, 0.4) is 0 Å². The van der Waals surface area contributed by atoms with E-state index in [2.05, 4.69) is 15.2 Å². The average Bonchev–Trinajstić information content (AvgIpc) is 2.84. The molecule has 0 spiro atoms. The number of fused-ring (bicyclic) bond motifs is 1. The highest BCUT2D eigenvalue weighted by atomic mass is 16.5. The van der Waals surface area contributed by atoms with E-state index in [1.165, 1.54) is 0 Å². The fourth-order valence-electron chi connectivity index (χ4n) is 3.97. The molecule has 1 saturated heterocycles. The van der Waals surface area contributed by atoms with Crippen molar-refractivity contribution in [2.45, 2.75) is 13.0 Å². The van der Waals surface area contributed by atoms with Gasteiger partial charge >= 0.3 is 5.69 Å². The number of carbonyl (C=O) groups is 1. The van der Waals surface area contributed by atoms with Crippen LogP contribution in [0.2, 0.25) is 0 Å². The van der Waals surface area contributed by atoms with Crippen molar-refractivity contribution in [1.29, 1.82) is 0 Å². The van der Waals surface area contributed by atoms with Crippen LogP contribution in [-0.4, -0.2) is 66.9 Å². The Morgan fingerprint density at radius 2 is 1.94 bits per heavy atom. The molecule has 0 atom stereocenters. The van der Waals surface area contributed by atoms with Gasteiger partial charge < -0.3 is 19.8 Å². The number of benzene rings is 2. The van der Waals surface area contributed by atoms with Gasteiger partial charge in [0.1, 0.15) is 5.75 Å². The van der Waals surface area contributed by atoms with Gasteiger partial charge in [-0.15, -0.1) is 0 Å². The zero-order chi connectivity index (χ0) is 23.2. The van der Waals surface area contributed by atoms with Gasteiger partial charge in [0.05, 0.1) is 37.8 Å². The van der Waals surface area contributed by atoms with E-state index < -0.39 is 11.2 Å². The number of morpholine rings is 1. The highest BCUT2D eigenvalue weighted by Gasteiger charge is 2.14. The van der Waals surface area contributed by atoms with Crippen molar-refractivity contribution >= 4 is 16.8 Å². The number of H-pyrrole nitrogens is 1. The molecule has 9 nitrogen and oxygen atoms in total. The second-order valence-electron chi connectivity index (χ2n) is 7.96. The lowest BCUT2D eigenvalue weighted by Crippen LogP contribution is -2.38. The highest BCUT2D eigenvalue weighted by Crippen LogP contribution is 2.18. The van der Waals surface area contributed by atoms with Crippen LogP contribution < -0.4 is 21.3 Å². The number of hydrogen-bond donors (Lipinski definition) is 2. The fraction of sp³-hybridized carbons (Fsp3) is 0.375. The first-order valence-electron chi connectivity index (χ1n) is 11.0. The molecule has 4 rings (SSSR count). The summed E-state index contributed by atoms with van der Waals surface area (Å²) in [5.74, 6) is 0.363. The Hall–Kier alpha value is -3.43. The highest BCUT2D eigenvalue weighted by molar-refractivity contribution is 5.97. The third-order valence-electron chi connectivity index (χ3n) is 5.81. The Morgan fingerprint density at radius 3 is 2.73 bits per heavy atom. The number of rotatable bonds is 8. The van der Waals surface area contributed by atoms with Crippen LogP contribution in [0, 0.1) is 0 Å². The van der Waals surface area contributed by atoms with Crippen LogP contribution in [0.25, 0.3) is 10.9 Å². The van der Waals surface area contributed by atoms with Crippen LogP contribution in [0.1, 0.15) is 22.3 Å². The Labute approximate surface area is 190 Å². The summed E-state index contributed by atoms with van der Waals surface area (Å²) in [4.78, 5) is 43.2. The number of ether oxygens (including phenoxy) is 2.